The topological polar surface area (TPSA) is 58.3 Å². The van der Waals surface area contributed by atoms with E-state index in [1.54, 1.807) is 11.0 Å². The number of benzene rings is 1. The van der Waals surface area contributed by atoms with Gasteiger partial charge >= 0.3 is 0 Å². The summed E-state index contributed by atoms with van der Waals surface area (Å²) in [5.74, 6) is -0.227. The van der Waals surface area contributed by atoms with Crippen LogP contribution in [0, 0.1) is 28.7 Å². The lowest BCUT2D eigenvalue weighted by atomic mass is 10.1. The molecule has 1 amide bonds. The van der Waals surface area contributed by atoms with Crippen molar-refractivity contribution in [3.05, 3.63) is 56.4 Å². The van der Waals surface area contributed by atoms with Gasteiger partial charge in [0.15, 0.2) is 0 Å². The number of nitriles is 1. The highest BCUT2D eigenvalue weighted by Crippen LogP contribution is 2.24. The second-order valence-electron chi connectivity index (χ2n) is 6.21. The Hall–Kier alpha value is -2.11. The zero-order chi connectivity index (χ0) is 18.7. The number of aromatic nitrogens is 1. The number of amides is 1. The van der Waals surface area contributed by atoms with Crippen LogP contribution in [0.4, 0.5) is 0 Å². The molecular weight excluding hydrogens is 441 g/mol. The van der Waals surface area contributed by atoms with Crippen LogP contribution in [-0.4, -0.2) is 41.7 Å². The lowest BCUT2D eigenvalue weighted by Crippen LogP contribution is -2.41. The number of hydrogen-bond donors (Lipinski definition) is 0. The van der Waals surface area contributed by atoms with E-state index in [4.69, 9.17) is 4.74 Å². The summed E-state index contributed by atoms with van der Waals surface area (Å²) in [5, 5.41) is 9.50. The molecule has 1 saturated heterocycles. The minimum Gasteiger partial charge on any atom is -0.378 e. The van der Waals surface area contributed by atoms with Crippen LogP contribution in [0.2, 0.25) is 0 Å². The summed E-state index contributed by atoms with van der Waals surface area (Å²) in [6, 6.07) is 12.3. The van der Waals surface area contributed by atoms with Gasteiger partial charge in [0.1, 0.15) is 11.6 Å². The minimum atomic E-state index is -0.227. The van der Waals surface area contributed by atoms with Crippen LogP contribution in [0.15, 0.2) is 35.9 Å². The van der Waals surface area contributed by atoms with E-state index in [0.29, 0.717) is 26.3 Å². The Bertz CT molecular complexity index is 885. The molecule has 0 unspecified atom stereocenters. The first kappa shape index (κ1) is 18.7. The highest BCUT2D eigenvalue weighted by Gasteiger charge is 2.21. The van der Waals surface area contributed by atoms with E-state index in [1.165, 1.54) is 3.57 Å². The van der Waals surface area contributed by atoms with Crippen molar-refractivity contribution in [2.45, 2.75) is 13.8 Å². The van der Waals surface area contributed by atoms with Crippen molar-refractivity contribution < 1.29 is 9.53 Å². The zero-order valence-corrected chi connectivity index (χ0v) is 17.0. The van der Waals surface area contributed by atoms with Crippen LogP contribution in [0.25, 0.3) is 11.8 Å². The molecule has 1 aromatic heterocycles. The highest BCUT2D eigenvalue weighted by atomic mass is 127. The molecule has 1 aliphatic rings. The molecule has 6 heteroatoms. The quantitative estimate of drug-likeness (QED) is 0.400. The number of hydrogen-bond acceptors (Lipinski definition) is 3. The summed E-state index contributed by atoms with van der Waals surface area (Å²) < 4.78 is 8.59. The molecule has 1 aromatic carbocycles. The molecule has 0 radical (unpaired) electrons. The molecule has 0 saturated carbocycles. The van der Waals surface area contributed by atoms with Gasteiger partial charge in [-0.05, 0) is 78.4 Å². The lowest BCUT2D eigenvalue weighted by molar-refractivity contribution is -0.130. The Morgan fingerprint density at radius 1 is 1.23 bits per heavy atom. The smallest absolute Gasteiger partial charge is 0.264 e. The maximum atomic E-state index is 12.6. The van der Waals surface area contributed by atoms with Crippen LogP contribution in [0.3, 0.4) is 0 Å². The van der Waals surface area contributed by atoms with Gasteiger partial charge in [-0.1, -0.05) is 0 Å². The van der Waals surface area contributed by atoms with Crippen molar-refractivity contribution in [3.8, 4) is 11.8 Å². The molecule has 26 heavy (non-hydrogen) atoms. The minimum absolute atomic E-state index is 0.162. The first-order chi connectivity index (χ1) is 12.5. The fraction of sp³-hybridized carbons (Fsp3) is 0.300. The average Bonchev–Trinajstić information content (AvgIpc) is 2.94. The molecule has 0 bridgehead atoms. The first-order valence-electron chi connectivity index (χ1n) is 8.45. The number of carbonyl (C=O) groups is 1. The first-order valence-corrected chi connectivity index (χ1v) is 9.53. The van der Waals surface area contributed by atoms with Gasteiger partial charge in [0.2, 0.25) is 0 Å². The van der Waals surface area contributed by atoms with Crippen molar-refractivity contribution in [1.82, 2.24) is 9.47 Å². The standard InChI is InChI=1S/C20H20IN3O2/c1-14-11-16(15(2)24(14)19-5-3-18(21)4-6-19)12-17(13-22)20(25)23-7-9-26-10-8-23/h3-6,11-12H,7-10H2,1-2H3/b17-12+. The van der Waals surface area contributed by atoms with Gasteiger partial charge in [0.05, 0.1) is 13.2 Å². The maximum absolute atomic E-state index is 12.6. The Morgan fingerprint density at radius 2 is 1.88 bits per heavy atom. The number of rotatable bonds is 3. The zero-order valence-electron chi connectivity index (χ0n) is 14.8. The average molecular weight is 461 g/mol. The largest absolute Gasteiger partial charge is 0.378 e. The number of carbonyl (C=O) groups excluding carboxylic acids is 1. The molecule has 5 nitrogen and oxygen atoms in total. The van der Waals surface area contributed by atoms with Gasteiger partial charge < -0.3 is 14.2 Å². The van der Waals surface area contributed by atoms with Crippen LogP contribution < -0.4 is 0 Å². The van der Waals surface area contributed by atoms with Crippen molar-refractivity contribution in [2.75, 3.05) is 26.3 Å². The van der Waals surface area contributed by atoms with Crippen molar-refractivity contribution in [3.63, 3.8) is 0 Å². The van der Waals surface area contributed by atoms with E-state index >= 15 is 0 Å². The second-order valence-corrected chi connectivity index (χ2v) is 7.46. The predicted molar refractivity (Wildman–Crippen MR) is 109 cm³/mol. The SMILES string of the molecule is Cc1cc(/C=C(\C#N)C(=O)N2CCOCC2)c(C)n1-c1ccc(I)cc1. The second kappa shape index (κ2) is 8.06. The molecule has 3 rings (SSSR count). The molecular formula is C20H20IN3O2. The van der Waals surface area contributed by atoms with Gasteiger partial charge in [-0.25, -0.2) is 0 Å². The summed E-state index contributed by atoms with van der Waals surface area (Å²) in [4.78, 5) is 14.3. The fourth-order valence-corrected chi connectivity index (χ4v) is 3.51. The Kier molecular flexibility index (Phi) is 5.79. The normalized spacial score (nSPS) is 15.0. The molecule has 2 aromatic rings. The molecule has 0 N–H and O–H groups in total. The Balaban J connectivity index is 1.94. The van der Waals surface area contributed by atoms with Gasteiger partial charge in [0.25, 0.3) is 5.91 Å². The molecule has 1 aliphatic heterocycles. The van der Waals surface area contributed by atoms with Gasteiger partial charge in [-0.2, -0.15) is 5.26 Å². The van der Waals surface area contributed by atoms with Gasteiger partial charge in [0, 0.05) is 33.7 Å². The third-order valence-corrected chi connectivity index (χ3v) is 5.22. The number of aryl methyl sites for hydroxylation is 1. The number of morpholine rings is 1. The lowest BCUT2D eigenvalue weighted by Gasteiger charge is -2.26. The van der Waals surface area contributed by atoms with Crippen molar-refractivity contribution in [2.24, 2.45) is 0 Å². The van der Waals surface area contributed by atoms with Gasteiger partial charge in [-0.3, -0.25) is 4.79 Å². The van der Waals surface area contributed by atoms with E-state index in [9.17, 15) is 10.1 Å². The number of halogens is 1. The summed E-state index contributed by atoms with van der Waals surface area (Å²) >= 11 is 2.28. The predicted octanol–water partition coefficient (Wildman–Crippen LogP) is 3.46. The van der Waals surface area contributed by atoms with Crippen LogP contribution in [0.5, 0.6) is 0 Å². The van der Waals surface area contributed by atoms with E-state index in [1.807, 2.05) is 19.9 Å². The van der Waals surface area contributed by atoms with E-state index in [-0.39, 0.29) is 11.5 Å². The molecule has 0 aliphatic carbocycles. The molecule has 0 spiro atoms. The third-order valence-electron chi connectivity index (χ3n) is 4.50. The van der Waals surface area contributed by atoms with Crippen molar-refractivity contribution >= 4 is 34.6 Å². The third kappa shape index (κ3) is 3.84. The maximum Gasteiger partial charge on any atom is 0.264 e. The molecule has 2 heterocycles. The van der Waals surface area contributed by atoms with E-state index in [0.717, 1.165) is 22.6 Å². The summed E-state index contributed by atoms with van der Waals surface area (Å²) in [5.41, 5.74) is 4.18. The summed E-state index contributed by atoms with van der Waals surface area (Å²) in [6.07, 6.45) is 1.70. The highest BCUT2D eigenvalue weighted by molar-refractivity contribution is 14.1. The van der Waals surface area contributed by atoms with Crippen LogP contribution >= 0.6 is 22.6 Å². The van der Waals surface area contributed by atoms with Crippen LogP contribution in [-0.2, 0) is 9.53 Å². The Morgan fingerprint density at radius 3 is 2.50 bits per heavy atom. The molecule has 1 fully saturated rings. The molecule has 134 valence electrons. The summed E-state index contributed by atoms with van der Waals surface area (Å²) in [6.45, 7) is 6.12. The monoisotopic (exact) mass is 461 g/mol. The van der Waals surface area contributed by atoms with E-state index in [2.05, 4.69) is 57.5 Å². The van der Waals surface area contributed by atoms with Crippen LogP contribution in [0.1, 0.15) is 17.0 Å². The Labute approximate surface area is 167 Å². The fourth-order valence-electron chi connectivity index (χ4n) is 3.16. The molecule has 0 atom stereocenters. The number of nitrogens with zero attached hydrogens (tertiary/aromatic N) is 3. The van der Waals surface area contributed by atoms with E-state index < -0.39 is 0 Å². The van der Waals surface area contributed by atoms with Crippen molar-refractivity contribution in [1.29, 1.82) is 5.26 Å². The van der Waals surface area contributed by atoms with Gasteiger partial charge in [-0.15, -0.1) is 0 Å². The number of ether oxygens (including phenoxy) is 1. The summed E-state index contributed by atoms with van der Waals surface area (Å²) in [7, 11) is 0.